The SMILES string of the molecule is CCC(C)CSC(C)C(NC)c1ccc(C)cc1. The van der Waals surface area contributed by atoms with Crippen LogP contribution < -0.4 is 5.32 Å². The Balaban J connectivity index is 2.62. The highest BCUT2D eigenvalue weighted by molar-refractivity contribution is 7.99. The molecule has 2 heteroatoms. The second-order valence-electron chi connectivity index (χ2n) is 5.23. The molecular weight excluding hydrogens is 238 g/mol. The molecule has 3 unspecified atom stereocenters. The summed E-state index contributed by atoms with van der Waals surface area (Å²) in [5.74, 6) is 2.06. The highest BCUT2D eigenvalue weighted by Crippen LogP contribution is 2.28. The predicted molar refractivity (Wildman–Crippen MR) is 84.4 cm³/mol. The summed E-state index contributed by atoms with van der Waals surface area (Å²) in [6.07, 6.45) is 1.27. The molecule has 102 valence electrons. The van der Waals surface area contributed by atoms with Crippen LogP contribution in [0, 0.1) is 12.8 Å². The summed E-state index contributed by atoms with van der Waals surface area (Å²) in [5.41, 5.74) is 2.72. The Morgan fingerprint density at radius 2 is 1.78 bits per heavy atom. The van der Waals surface area contributed by atoms with Gasteiger partial charge in [0.1, 0.15) is 0 Å². The molecule has 0 radical (unpaired) electrons. The molecule has 0 saturated carbocycles. The van der Waals surface area contributed by atoms with Crippen LogP contribution in [0.2, 0.25) is 0 Å². The molecule has 0 spiro atoms. The molecule has 0 aliphatic heterocycles. The molecule has 0 aromatic heterocycles. The number of benzene rings is 1. The predicted octanol–water partition coefficient (Wildman–Crippen LogP) is 4.42. The van der Waals surface area contributed by atoms with E-state index >= 15 is 0 Å². The van der Waals surface area contributed by atoms with E-state index in [-0.39, 0.29) is 0 Å². The Hall–Kier alpha value is -0.470. The summed E-state index contributed by atoms with van der Waals surface area (Å²) in [5, 5.41) is 4.06. The third-order valence-electron chi connectivity index (χ3n) is 3.56. The Labute approximate surface area is 117 Å². The number of rotatable bonds is 7. The van der Waals surface area contributed by atoms with Gasteiger partial charge in [0.05, 0.1) is 0 Å². The van der Waals surface area contributed by atoms with Gasteiger partial charge in [0.2, 0.25) is 0 Å². The molecule has 3 atom stereocenters. The van der Waals surface area contributed by atoms with Crippen LogP contribution in [0.25, 0.3) is 0 Å². The minimum Gasteiger partial charge on any atom is -0.312 e. The van der Waals surface area contributed by atoms with Gasteiger partial charge in [0.25, 0.3) is 0 Å². The van der Waals surface area contributed by atoms with Crippen LogP contribution >= 0.6 is 11.8 Å². The molecule has 0 aliphatic carbocycles. The van der Waals surface area contributed by atoms with E-state index in [0.717, 1.165) is 5.92 Å². The van der Waals surface area contributed by atoms with Crippen molar-refractivity contribution in [1.82, 2.24) is 5.32 Å². The van der Waals surface area contributed by atoms with E-state index < -0.39 is 0 Å². The van der Waals surface area contributed by atoms with Crippen LogP contribution in [0.15, 0.2) is 24.3 Å². The summed E-state index contributed by atoms with van der Waals surface area (Å²) in [4.78, 5) is 0. The first-order valence-electron chi connectivity index (χ1n) is 6.93. The van der Waals surface area contributed by atoms with E-state index in [1.807, 2.05) is 0 Å². The zero-order valence-electron chi connectivity index (χ0n) is 12.4. The average molecular weight is 265 g/mol. The van der Waals surface area contributed by atoms with E-state index in [0.29, 0.717) is 11.3 Å². The fourth-order valence-electron chi connectivity index (χ4n) is 1.98. The lowest BCUT2D eigenvalue weighted by molar-refractivity contribution is 0.583. The first-order chi connectivity index (χ1) is 8.58. The maximum Gasteiger partial charge on any atom is 0.0435 e. The van der Waals surface area contributed by atoms with Crippen molar-refractivity contribution in [3.05, 3.63) is 35.4 Å². The second-order valence-corrected chi connectivity index (χ2v) is 6.64. The summed E-state index contributed by atoms with van der Waals surface area (Å²) in [6.45, 7) is 9.07. The largest absolute Gasteiger partial charge is 0.312 e. The monoisotopic (exact) mass is 265 g/mol. The summed E-state index contributed by atoms with van der Waals surface area (Å²) >= 11 is 2.08. The first-order valence-corrected chi connectivity index (χ1v) is 7.98. The molecule has 0 heterocycles. The van der Waals surface area contributed by atoms with Crippen LogP contribution in [0.4, 0.5) is 0 Å². The molecule has 18 heavy (non-hydrogen) atoms. The molecule has 1 N–H and O–H groups in total. The maximum absolute atomic E-state index is 3.46. The van der Waals surface area contributed by atoms with Gasteiger partial charge in [0.15, 0.2) is 0 Å². The molecule has 1 aromatic carbocycles. The fraction of sp³-hybridized carbons (Fsp3) is 0.625. The van der Waals surface area contributed by atoms with Crippen molar-refractivity contribution in [2.45, 2.75) is 45.4 Å². The third kappa shape index (κ3) is 4.66. The first kappa shape index (κ1) is 15.6. The topological polar surface area (TPSA) is 12.0 Å². The highest BCUT2D eigenvalue weighted by atomic mass is 32.2. The van der Waals surface area contributed by atoms with Gasteiger partial charge in [-0.3, -0.25) is 0 Å². The van der Waals surface area contributed by atoms with Crippen LogP contribution in [0.1, 0.15) is 44.4 Å². The summed E-state index contributed by atoms with van der Waals surface area (Å²) in [6, 6.07) is 9.34. The molecule has 1 nitrogen and oxygen atoms in total. The maximum atomic E-state index is 3.46. The Kier molecular flexibility index (Phi) is 6.80. The van der Waals surface area contributed by atoms with Crippen molar-refractivity contribution in [2.24, 2.45) is 5.92 Å². The van der Waals surface area contributed by atoms with Gasteiger partial charge in [-0.05, 0) is 31.2 Å². The lowest BCUT2D eigenvalue weighted by Gasteiger charge is -2.25. The summed E-state index contributed by atoms with van der Waals surface area (Å²) < 4.78 is 0. The van der Waals surface area contributed by atoms with Crippen LogP contribution in [0.3, 0.4) is 0 Å². The zero-order valence-corrected chi connectivity index (χ0v) is 13.2. The molecule has 0 saturated heterocycles. The van der Waals surface area contributed by atoms with Crippen LogP contribution in [-0.4, -0.2) is 18.1 Å². The molecule has 1 rings (SSSR count). The van der Waals surface area contributed by atoms with Gasteiger partial charge in [-0.2, -0.15) is 11.8 Å². The fourth-order valence-corrected chi connectivity index (χ4v) is 3.33. The number of thioether (sulfide) groups is 1. The lowest BCUT2D eigenvalue weighted by atomic mass is 10.0. The molecule has 0 aliphatic rings. The van der Waals surface area contributed by atoms with E-state index in [9.17, 15) is 0 Å². The highest BCUT2D eigenvalue weighted by Gasteiger charge is 2.18. The minimum absolute atomic E-state index is 0.444. The van der Waals surface area contributed by atoms with Gasteiger partial charge in [-0.15, -0.1) is 0 Å². The van der Waals surface area contributed by atoms with Crippen molar-refractivity contribution < 1.29 is 0 Å². The van der Waals surface area contributed by atoms with Gasteiger partial charge >= 0.3 is 0 Å². The number of hydrogen-bond donors (Lipinski definition) is 1. The van der Waals surface area contributed by atoms with Crippen molar-refractivity contribution in [3.63, 3.8) is 0 Å². The molecule has 1 aromatic rings. The van der Waals surface area contributed by atoms with E-state index in [1.165, 1.54) is 23.3 Å². The third-order valence-corrected chi connectivity index (χ3v) is 5.12. The van der Waals surface area contributed by atoms with Crippen LogP contribution in [0.5, 0.6) is 0 Å². The van der Waals surface area contributed by atoms with Gasteiger partial charge in [0, 0.05) is 11.3 Å². The molecule has 0 amide bonds. The van der Waals surface area contributed by atoms with E-state index in [1.54, 1.807) is 0 Å². The van der Waals surface area contributed by atoms with Crippen LogP contribution in [-0.2, 0) is 0 Å². The molecule has 0 fully saturated rings. The van der Waals surface area contributed by atoms with Gasteiger partial charge in [-0.25, -0.2) is 0 Å². The number of aryl methyl sites for hydroxylation is 1. The molecule has 0 bridgehead atoms. The normalized spacial score (nSPS) is 16.3. The number of hydrogen-bond acceptors (Lipinski definition) is 2. The zero-order chi connectivity index (χ0) is 13.5. The lowest BCUT2D eigenvalue weighted by Crippen LogP contribution is -2.26. The standard InChI is InChI=1S/C16H27NS/c1-6-12(2)11-18-14(4)16(17-5)15-9-7-13(3)8-10-15/h7-10,12,14,16-17H,6,11H2,1-5H3. The Morgan fingerprint density at radius 3 is 2.28 bits per heavy atom. The Morgan fingerprint density at radius 1 is 1.17 bits per heavy atom. The summed E-state index contributed by atoms with van der Waals surface area (Å²) in [7, 11) is 2.06. The van der Waals surface area contributed by atoms with E-state index in [4.69, 9.17) is 0 Å². The quantitative estimate of drug-likeness (QED) is 0.783. The minimum atomic E-state index is 0.444. The van der Waals surface area contributed by atoms with Crippen molar-refractivity contribution in [3.8, 4) is 0 Å². The van der Waals surface area contributed by atoms with Gasteiger partial charge in [-0.1, -0.05) is 57.0 Å². The van der Waals surface area contributed by atoms with Crippen molar-refractivity contribution >= 4 is 11.8 Å². The van der Waals surface area contributed by atoms with Crippen molar-refractivity contribution in [1.29, 1.82) is 0 Å². The van der Waals surface area contributed by atoms with Gasteiger partial charge < -0.3 is 5.32 Å². The molecular formula is C16H27NS. The Bertz CT molecular complexity index is 333. The van der Waals surface area contributed by atoms with Crippen molar-refractivity contribution in [2.75, 3.05) is 12.8 Å². The van der Waals surface area contributed by atoms with E-state index in [2.05, 4.69) is 76.1 Å². The number of nitrogens with one attached hydrogen (secondary N) is 1. The average Bonchev–Trinajstić information content (AvgIpc) is 2.39. The smallest absolute Gasteiger partial charge is 0.0435 e. The second kappa shape index (κ2) is 7.85.